The van der Waals surface area contributed by atoms with Gasteiger partial charge in [-0.05, 0) is 25.0 Å². The Kier molecular flexibility index (Phi) is 5.67. The number of carbonyl (C=O) groups is 1. The molecule has 28 heavy (non-hydrogen) atoms. The molecule has 1 heterocycles. The number of carbonyl (C=O) groups excluding carboxylic acids is 1. The quantitative estimate of drug-likeness (QED) is 0.678. The molecule has 150 valence electrons. The fourth-order valence-corrected chi connectivity index (χ4v) is 4.90. The van der Waals surface area contributed by atoms with E-state index in [1.807, 2.05) is 50.5 Å². The number of benzene rings is 2. The van der Waals surface area contributed by atoms with Crippen molar-refractivity contribution in [3.05, 3.63) is 71.8 Å². The minimum Gasteiger partial charge on any atom is -0.348 e. The van der Waals surface area contributed by atoms with E-state index in [2.05, 4.69) is 45.2 Å². The molecule has 0 aliphatic carbocycles. The predicted molar refractivity (Wildman–Crippen MR) is 116 cm³/mol. The monoisotopic (exact) mass is 379 g/mol. The van der Waals surface area contributed by atoms with E-state index in [4.69, 9.17) is 0 Å². The zero-order chi connectivity index (χ0) is 20.4. The molecule has 3 rings (SSSR count). The Bertz CT molecular complexity index is 758. The zero-order valence-corrected chi connectivity index (χ0v) is 18.1. The van der Waals surface area contributed by atoms with Crippen LogP contribution >= 0.6 is 0 Å². The third kappa shape index (κ3) is 3.48. The van der Waals surface area contributed by atoms with Crippen molar-refractivity contribution >= 4 is 5.91 Å². The van der Waals surface area contributed by atoms with Gasteiger partial charge in [0.2, 0.25) is 5.91 Å². The molecule has 1 fully saturated rings. The topological polar surface area (TPSA) is 20.3 Å². The first-order valence-corrected chi connectivity index (χ1v) is 10.4. The van der Waals surface area contributed by atoms with E-state index in [0.29, 0.717) is 0 Å². The summed E-state index contributed by atoms with van der Waals surface area (Å²) in [6.45, 7) is 6.92. The fraction of sp³-hybridized carbons (Fsp3) is 0.480. The van der Waals surface area contributed by atoms with Gasteiger partial charge in [0.1, 0.15) is 5.41 Å². The Morgan fingerprint density at radius 3 is 1.89 bits per heavy atom. The van der Waals surface area contributed by atoms with Gasteiger partial charge < -0.3 is 9.38 Å². The second kappa shape index (κ2) is 7.71. The minimum absolute atomic E-state index is 0.161. The maximum Gasteiger partial charge on any atom is 0.237 e. The van der Waals surface area contributed by atoms with Crippen LogP contribution in [-0.2, 0) is 10.2 Å². The number of amides is 1. The summed E-state index contributed by atoms with van der Waals surface area (Å²) >= 11 is 0. The summed E-state index contributed by atoms with van der Waals surface area (Å²) in [6.07, 6.45) is 3.31. The number of hydrogen-bond donors (Lipinski definition) is 0. The van der Waals surface area contributed by atoms with Gasteiger partial charge in [0.25, 0.3) is 0 Å². The molecule has 0 spiro atoms. The van der Waals surface area contributed by atoms with E-state index in [9.17, 15) is 4.79 Å². The number of nitrogens with zero attached hydrogens (tertiary/aromatic N) is 2. The SMILES string of the molecule is CN(C)C(=O)C(CC[N+]1(C)CCCC1(C)C)(c1ccccc1)c1ccccc1. The van der Waals surface area contributed by atoms with Gasteiger partial charge in [0.05, 0.1) is 25.7 Å². The Labute approximate surface area is 170 Å². The van der Waals surface area contributed by atoms with E-state index in [-0.39, 0.29) is 11.4 Å². The molecular formula is C25H35N2O+. The highest BCUT2D eigenvalue weighted by Gasteiger charge is 2.49. The highest BCUT2D eigenvalue weighted by Crippen LogP contribution is 2.41. The van der Waals surface area contributed by atoms with Crippen LogP contribution < -0.4 is 0 Å². The van der Waals surface area contributed by atoms with Crippen LogP contribution in [-0.4, -0.2) is 55.1 Å². The number of likely N-dealkylation sites (tertiary alicyclic amines) is 1. The smallest absolute Gasteiger partial charge is 0.237 e. The first kappa shape index (κ1) is 20.6. The molecule has 2 aromatic carbocycles. The molecule has 1 saturated heterocycles. The lowest BCUT2D eigenvalue weighted by atomic mass is 9.70. The van der Waals surface area contributed by atoms with E-state index in [0.717, 1.165) is 28.6 Å². The molecular weight excluding hydrogens is 344 g/mol. The summed E-state index contributed by atoms with van der Waals surface area (Å²) < 4.78 is 1.02. The summed E-state index contributed by atoms with van der Waals surface area (Å²) in [5.41, 5.74) is 1.76. The van der Waals surface area contributed by atoms with Gasteiger partial charge in [-0.15, -0.1) is 0 Å². The second-order valence-corrected chi connectivity index (χ2v) is 9.35. The van der Waals surface area contributed by atoms with Gasteiger partial charge in [-0.3, -0.25) is 4.79 Å². The maximum atomic E-state index is 13.8. The number of hydrogen-bond acceptors (Lipinski definition) is 1. The number of likely N-dealkylation sites (N-methyl/N-ethyl adjacent to an activating group) is 1. The molecule has 2 aromatic rings. The summed E-state index contributed by atoms with van der Waals surface area (Å²) in [5.74, 6) is 0.161. The molecule has 0 bridgehead atoms. The van der Waals surface area contributed by atoms with Gasteiger partial charge in [0, 0.05) is 33.4 Å². The van der Waals surface area contributed by atoms with E-state index >= 15 is 0 Å². The Hall–Kier alpha value is -2.13. The van der Waals surface area contributed by atoms with Crippen LogP contribution in [0.25, 0.3) is 0 Å². The van der Waals surface area contributed by atoms with Crippen LogP contribution in [0.4, 0.5) is 0 Å². The summed E-state index contributed by atoms with van der Waals surface area (Å²) in [6, 6.07) is 20.7. The van der Waals surface area contributed by atoms with E-state index in [1.54, 1.807) is 4.90 Å². The van der Waals surface area contributed by atoms with Crippen molar-refractivity contribution in [2.45, 2.75) is 44.1 Å². The molecule has 0 radical (unpaired) electrons. The first-order valence-electron chi connectivity index (χ1n) is 10.4. The van der Waals surface area contributed by atoms with Gasteiger partial charge in [0.15, 0.2) is 0 Å². The standard InChI is InChI=1S/C25H35N2O/c1-24(2)17-12-19-27(24,5)20-18-25(23(28)26(3)4,21-13-8-6-9-14-21)22-15-10-7-11-16-22/h6-11,13-16H,12,17-20H2,1-5H3/q+1. The van der Waals surface area contributed by atoms with E-state index < -0.39 is 5.41 Å². The highest BCUT2D eigenvalue weighted by molar-refractivity contribution is 5.91. The third-order valence-electron chi connectivity index (χ3n) is 7.19. The fourth-order valence-electron chi connectivity index (χ4n) is 4.90. The molecule has 1 amide bonds. The van der Waals surface area contributed by atoms with Crippen molar-refractivity contribution in [2.75, 3.05) is 34.2 Å². The third-order valence-corrected chi connectivity index (χ3v) is 7.19. The predicted octanol–water partition coefficient (Wildman–Crippen LogP) is 4.47. The molecule has 0 saturated carbocycles. The molecule has 1 unspecified atom stereocenters. The molecule has 0 N–H and O–H groups in total. The largest absolute Gasteiger partial charge is 0.348 e. The molecule has 1 aliphatic rings. The van der Waals surface area contributed by atoms with Crippen molar-refractivity contribution in [3.8, 4) is 0 Å². The van der Waals surface area contributed by atoms with Gasteiger partial charge in [-0.1, -0.05) is 60.7 Å². The summed E-state index contributed by atoms with van der Waals surface area (Å²) in [7, 11) is 6.12. The normalized spacial score (nSPS) is 21.5. The Morgan fingerprint density at radius 2 is 1.50 bits per heavy atom. The van der Waals surface area contributed by atoms with Crippen LogP contribution in [0.2, 0.25) is 0 Å². The Morgan fingerprint density at radius 1 is 1.00 bits per heavy atom. The van der Waals surface area contributed by atoms with Crippen LogP contribution in [0.1, 0.15) is 44.2 Å². The van der Waals surface area contributed by atoms with Crippen molar-refractivity contribution in [1.82, 2.24) is 4.90 Å². The van der Waals surface area contributed by atoms with Crippen molar-refractivity contribution in [2.24, 2.45) is 0 Å². The highest BCUT2D eigenvalue weighted by atomic mass is 16.2. The van der Waals surface area contributed by atoms with Crippen LogP contribution in [0, 0.1) is 0 Å². The molecule has 1 atom stereocenters. The first-order chi connectivity index (χ1) is 13.2. The lowest BCUT2D eigenvalue weighted by Crippen LogP contribution is -2.57. The average molecular weight is 380 g/mol. The summed E-state index contributed by atoms with van der Waals surface area (Å²) in [5, 5.41) is 0. The van der Waals surface area contributed by atoms with Crippen molar-refractivity contribution in [1.29, 1.82) is 0 Å². The summed E-state index contributed by atoms with van der Waals surface area (Å²) in [4.78, 5) is 15.5. The molecule has 3 heteroatoms. The van der Waals surface area contributed by atoms with Crippen LogP contribution in [0.5, 0.6) is 0 Å². The zero-order valence-electron chi connectivity index (χ0n) is 18.1. The average Bonchev–Trinajstić information content (AvgIpc) is 2.96. The van der Waals surface area contributed by atoms with Crippen molar-refractivity contribution in [3.63, 3.8) is 0 Å². The minimum atomic E-state index is -0.661. The second-order valence-electron chi connectivity index (χ2n) is 9.35. The van der Waals surface area contributed by atoms with Gasteiger partial charge in [-0.25, -0.2) is 0 Å². The molecule has 3 nitrogen and oxygen atoms in total. The van der Waals surface area contributed by atoms with E-state index in [1.165, 1.54) is 19.4 Å². The number of rotatable bonds is 6. The lowest BCUT2D eigenvalue weighted by molar-refractivity contribution is -0.943. The van der Waals surface area contributed by atoms with Gasteiger partial charge in [-0.2, -0.15) is 0 Å². The van der Waals surface area contributed by atoms with Crippen molar-refractivity contribution < 1.29 is 9.28 Å². The molecule has 0 aromatic heterocycles. The molecule has 1 aliphatic heterocycles. The number of quaternary nitrogens is 1. The lowest BCUT2D eigenvalue weighted by Gasteiger charge is -2.45. The van der Waals surface area contributed by atoms with Crippen LogP contribution in [0.3, 0.4) is 0 Å². The maximum absolute atomic E-state index is 13.8. The Balaban J connectivity index is 2.12. The van der Waals surface area contributed by atoms with Crippen LogP contribution in [0.15, 0.2) is 60.7 Å². The van der Waals surface area contributed by atoms with Gasteiger partial charge >= 0.3 is 0 Å².